The topological polar surface area (TPSA) is 102 Å². The smallest absolute Gasteiger partial charge is 0.408 e. The van der Waals surface area contributed by atoms with Crippen molar-refractivity contribution in [1.82, 2.24) is 10.0 Å². The summed E-state index contributed by atoms with van der Waals surface area (Å²) in [7, 11) is -3.69. The molecule has 1 aliphatic heterocycles. The van der Waals surface area contributed by atoms with E-state index in [9.17, 15) is 18.0 Å². The van der Waals surface area contributed by atoms with Crippen molar-refractivity contribution in [1.29, 1.82) is 0 Å². The van der Waals surface area contributed by atoms with Crippen molar-refractivity contribution < 1.29 is 22.7 Å². The molecule has 0 aromatic heterocycles. The molecule has 1 fully saturated rings. The highest BCUT2D eigenvalue weighted by Gasteiger charge is 2.61. The minimum atomic E-state index is -3.69. The van der Waals surface area contributed by atoms with Crippen LogP contribution in [0.25, 0.3) is 0 Å². The van der Waals surface area contributed by atoms with Crippen LogP contribution in [0.5, 0.6) is 0 Å². The van der Waals surface area contributed by atoms with Gasteiger partial charge in [-0.25, -0.2) is 13.2 Å². The van der Waals surface area contributed by atoms with Gasteiger partial charge in [-0.05, 0) is 46.5 Å². The van der Waals surface area contributed by atoms with Crippen LogP contribution in [0.15, 0.2) is 12.2 Å². The van der Waals surface area contributed by atoms with E-state index in [-0.39, 0.29) is 11.7 Å². The molecule has 0 spiro atoms. The molecular formula is C16H26N2O5S. The molecule has 0 saturated heterocycles. The molecule has 136 valence electrons. The molecule has 1 aliphatic carbocycles. The van der Waals surface area contributed by atoms with Gasteiger partial charge in [0.2, 0.25) is 10.0 Å². The zero-order valence-corrected chi connectivity index (χ0v) is 15.2. The van der Waals surface area contributed by atoms with Gasteiger partial charge in [0, 0.05) is 5.92 Å². The third-order valence-electron chi connectivity index (χ3n) is 4.04. The summed E-state index contributed by atoms with van der Waals surface area (Å²) < 4.78 is 31.4. The maximum absolute atomic E-state index is 12.5. The van der Waals surface area contributed by atoms with Crippen LogP contribution in [0.4, 0.5) is 4.79 Å². The first-order valence-corrected chi connectivity index (χ1v) is 9.92. The van der Waals surface area contributed by atoms with Crippen LogP contribution in [0.1, 0.15) is 52.9 Å². The second-order valence-corrected chi connectivity index (χ2v) is 9.28. The average molecular weight is 358 g/mol. The third kappa shape index (κ3) is 4.96. The summed E-state index contributed by atoms with van der Waals surface area (Å²) in [4.78, 5) is 24.6. The van der Waals surface area contributed by atoms with Gasteiger partial charge in [0.15, 0.2) is 0 Å². The number of amides is 2. The zero-order valence-electron chi connectivity index (χ0n) is 14.4. The highest BCUT2D eigenvalue weighted by atomic mass is 32.2. The van der Waals surface area contributed by atoms with E-state index in [1.807, 2.05) is 12.2 Å². The highest BCUT2D eigenvalue weighted by molar-refractivity contribution is 7.90. The number of ether oxygens (including phenoxy) is 1. The lowest BCUT2D eigenvalue weighted by Gasteiger charge is -2.23. The number of alkyl carbamates (subject to hydrolysis) is 1. The number of rotatable bonds is 1. The number of hydrogen-bond acceptors (Lipinski definition) is 5. The standard InChI is InChI=1S/C16H26N2O5S/c1-15(2,3)23-14(20)17-16-11-12(16)9-7-5-4-6-8-10-24(21,22)18-13(16)19/h7,9,12H,4-6,8,10-11H2,1-3H3,(H,17,20)(H,18,19)/t12-,16-/m1/s1. The fraction of sp³-hybridized carbons (Fsp3) is 0.750. The van der Waals surface area contributed by atoms with Crippen LogP contribution in [-0.4, -0.2) is 37.3 Å². The first-order chi connectivity index (χ1) is 11.0. The number of allylic oxidation sites excluding steroid dienone is 1. The van der Waals surface area contributed by atoms with Gasteiger partial charge < -0.3 is 10.1 Å². The van der Waals surface area contributed by atoms with Crippen molar-refractivity contribution in [3.63, 3.8) is 0 Å². The summed E-state index contributed by atoms with van der Waals surface area (Å²) >= 11 is 0. The number of nitrogens with one attached hydrogen (secondary N) is 2. The lowest BCUT2D eigenvalue weighted by atomic mass is 10.1. The van der Waals surface area contributed by atoms with E-state index in [1.54, 1.807) is 20.8 Å². The van der Waals surface area contributed by atoms with Crippen molar-refractivity contribution in [3.05, 3.63) is 12.2 Å². The Morgan fingerprint density at radius 3 is 2.71 bits per heavy atom. The number of carbonyl (C=O) groups is 2. The molecule has 8 heteroatoms. The fourth-order valence-electron chi connectivity index (χ4n) is 2.74. The van der Waals surface area contributed by atoms with Gasteiger partial charge in [0.25, 0.3) is 5.91 Å². The van der Waals surface area contributed by atoms with E-state index < -0.39 is 33.2 Å². The monoisotopic (exact) mass is 358 g/mol. The van der Waals surface area contributed by atoms with E-state index in [4.69, 9.17) is 4.74 Å². The summed E-state index contributed by atoms with van der Waals surface area (Å²) in [6, 6.07) is 0. The molecule has 2 atom stereocenters. The first kappa shape index (κ1) is 18.8. The predicted octanol–water partition coefficient (Wildman–Crippen LogP) is 1.85. The largest absolute Gasteiger partial charge is 0.444 e. The van der Waals surface area contributed by atoms with Crippen LogP contribution >= 0.6 is 0 Å². The molecule has 1 heterocycles. The molecule has 2 rings (SSSR count). The zero-order chi connectivity index (χ0) is 18.0. The number of hydrogen-bond donors (Lipinski definition) is 2. The van der Waals surface area contributed by atoms with Crippen molar-refractivity contribution in [2.45, 2.75) is 64.0 Å². The normalized spacial score (nSPS) is 30.1. The fourth-order valence-corrected chi connectivity index (χ4v) is 3.89. The quantitative estimate of drug-likeness (QED) is 0.697. The molecule has 0 unspecified atom stereocenters. The summed E-state index contributed by atoms with van der Waals surface area (Å²) in [6.45, 7) is 5.17. The molecule has 0 aromatic rings. The number of fused-ring (bicyclic) bond motifs is 1. The Hall–Kier alpha value is -1.57. The van der Waals surface area contributed by atoms with Crippen LogP contribution in [0, 0.1) is 5.92 Å². The Kier molecular flexibility index (Phi) is 5.27. The Morgan fingerprint density at radius 1 is 1.33 bits per heavy atom. The minimum Gasteiger partial charge on any atom is -0.444 e. The van der Waals surface area contributed by atoms with Crippen molar-refractivity contribution >= 4 is 22.0 Å². The first-order valence-electron chi connectivity index (χ1n) is 8.27. The summed E-state index contributed by atoms with van der Waals surface area (Å²) in [5.41, 5.74) is -1.94. The van der Waals surface area contributed by atoms with Gasteiger partial charge in [-0.1, -0.05) is 18.6 Å². The van der Waals surface area contributed by atoms with Gasteiger partial charge >= 0.3 is 6.09 Å². The van der Waals surface area contributed by atoms with E-state index in [0.717, 1.165) is 19.3 Å². The maximum atomic E-state index is 12.5. The summed E-state index contributed by atoms with van der Waals surface area (Å²) in [5.74, 6) is -1.00. The molecular weight excluding hydrogens is 332 g/mol. The van der Waals surface area contributed by atoms with Gasteiger partial charge in [-0.15, -0.1) is 0 Å². The minimum absolute atomic E-state index is 0.0877. The molecule has 2 aliphatic rings. The number of carbonyl (C=O) groups excluding carboxylic acids is 2. The summed E-state index contributed by atoms with van der Waals surface area (Å²) in [6.07, 6.45) is 6.55. The van der Waals surface area contributed by atoms with Crippen molar-refractivity contribution in [2.24, 2.45) is 5.92 Å². The maximum Gasteiger partial charge on any atom is 0.408 e. The van der Waals surface area contributed by atoms with E-state index >= 15 is 0 Å². The van der Waals surface area contributed by atoms with Gasteiger partial charge in [-0.3, -0.25) is 9.52 Å². The lowest BCUT2D eigenvalue weighted by Crippen LogP contribution is -2.53. The average Bonchev–Trinajstić information content (AvgIpc) is 3.07. The van der Waals surface area contributed by atoms with Crippen molar-refractivity contribution in [2.75, 3.05) is 5.75 Å². The third-order valence-corrected chi connectivity index (χ3v) is 5.37. The number of sulfonamides is 1. The highest BCUT2D eigenvalue weighted by Crippen LogP contribution is 2.45. The van der Waals surface area contributed by atoms with Crippen LogP contribution < -0.4 is 10.0 Å². The Bertz CT molecular complexity index is 635. The predicted molar refractivity (Wildman–Crippen MR) is 89.7 cm³/mol. The molecule has 7 nitrogen and oxygen atoms in total. The Balaban J connectivity index is 2.18. The SMILES string of the molecule is CC(C)(C)OC(=O)N[C@]12C[C@H]1C=CCCCCCS(=O)(=O)NC2=O. The Morgan fingerprint density at radius 2 is 2.04 bits per heavy atom. The van der Waals surface area contributed by atoms with Crippen LogP contribution in [0.2, 0.25) is 0 Å². The lowest BCUT2D eigenvalue weighted by molar-refractivity contribution is -0.122. The second kappa shape index (κ2) is 6.74. The molecule has 24 heavy (non-hydrogen) atoms. The molecule has 2 N–H and O–H groups in total. The van der Waals surface area contributed by atoms with Gasteiger partial charge in [0.05, 0.1) is 5.75 Å². The van der Waals surface area contributed by atoms with E-state index in [0.29, 0.717) is 12.8 Å². The van der Waals surface area contributed by atoms with Crippen molar-refractivity contribution in [3.8, 4) is 0 Å². The molecule has 1 saturated carbocycles. The van der Waals surface area contributed by atoms with Crippen LogP contribution in [0.3, 0.4) is 0 Å². The molecule has 0 radical (unpaired) electrons. The Labute approximate surface area is 143 Å². The van der Waals surface area contributed by atoms with E-state index in [1.165, 1.54) is 0 Å². The van der Waals surface area contributed by atoms with Gasteiger partial charge in [0.1, 0.15) is 11.1 Å². The second-order valence-electron chi connectivity index (χ2n) is 7.44. The van der Waals surface area contributed by atoms with Gasteiger partial charge in [-0.2, -0.15) is 0 Å². The molecule has 0 bridgehead atoms. The van der Waals surface area contributed by atoms with Crippen LogP contribution in [-0.2, 0) is 19.6 Å². The molecule has 0 aromatic carbocycles. The molecule has 2 amide bonds. The van der Waals surface area contributed by atoms with E-state index in [2.05, 4.69) is 10.0 Å². The summed E-state index contributed by atoms with van der Waals surface area (Å²) in [5, 5.41) is 2.58.